The zero-order valence-corrected chi connectivity index (χ0v) is 13.4. The fourth-order valence-electron chi connectivity index (χ4n) is 1.34. The Morgan fingerprint density at radius 3 is 2.25 bits per heavy atom. The zero-order valence-electron chi connectivity index (χ0n) is 11.8. The molecule has 5 nitrogen and oxygen atoms in total. The van der Waals surface area contributed by atoms with Gasteiger partial charge in [-0.25, -0.2) is 13.6 Å². The standard InChI is InChI=1S/C13H20N2O3S2/c1-9(2)10(3)15-13(16)8-19-11-4-6-12(7-5-11)20(14,17)18/h4-7,9-10H,8H2,1-3H3,(H,15,16)(H2,14,17,18). The molecule has 1 aromatic carbocycles. The van der Waals surface area contributed by atoms with Crippen molar-refractivity contribution in [1.82, 2.24) is 5.32 Å². The molecule has 1 amide bonds. The molecular formula is C13H20N2O3S2. The van der Waals surface area contributed by atoms with Gasteiger partial charge in [0.25, 0.3) is 0 Å². The summed E-state index contributed by atoms with van der Waals surface area (Å²) in [6.45, 7) is 6.06. The van der Waals surface area contributed by atoms with Crippen LogP contribution in [0.1, 0.15) is 20.8 Å². The Kier molecular flexibility index (Phi) is 6.04. The molecule has 0 aromatic heterocycles. The molecule has 0 aliphatic carbocycles. The number of hydrogen-bond acceptors (Lipinski definition) is 4. The maximum Gasteiger partial charge on any atom is 0.238 e. The molecule has 0 radical (unpaired) electrons. The molecule has 7 heteroatoms. The normalized spacial score (nSPS) is 13.2. The van der Waals surface area contributed by atoms with Crippen LogP contribution in [0.3, 0.4) is 0 Å². The number of thioether (sulfide) groups is 1. The monoisotopic (exact) mass is 316 g/mol. The quantitative estimate of drug-likeness (QED) is 0.780. The highest BCUT2D eigenvalue weighted by molar-refractivity contribution is 8.00. The summed E-state index contributed by atoms with van der Waals surface area (Å²) in [4.78, 5) is 12.6. The lowest BCUT2D eigenvalue weighted by molar-refractivity contribution is -0.119. The van der Waals surface area contributed by atoms with Crippen molar-refractivity contribution in [2.45, 2.75) is 36.6 Å². The lowest BCUT2D eigenvalue weighted by Crippen LogP contribution is -2.37. The van der Waals surface area contributed by atoms with E-state index in [0.717, 1.165) is 4.90 Å². The number of nitrogens with two attached hydrogens (primary N) is 1. The maximum atomic E-state index is 11.7. The molecule has 1 atom stereocenters. The Hall–Kier alpha value is -1.05. The van der Waals surface area contributed by atoms with Crippen molar-refractivity contribution >= 4 is 27.7 Å². The number of hydrogen-bond donors (Lipinski definition) is 2. The van der Waals surface area contributed by atoms with E-state index >= 15 is 0 Å². The van der Waals surface area contributed by atoms with Crippen molar-refractivity contribution in [3.63, 3.8) is 0 Å². The molecule has 20 heavy (non-hydrogen) atoms. The van der Waals surface area contributed by atoms with Gasteiger partial charge in [0, 0.05) is 10.9 Å². The number of rotatable bonds is 6. The van der Waals surface area contributed by atoms with Gasteiger partial charge in [0.1, 0.15) is 0 Å². The molecule has 1 rings (SSSR count). The highest BCUT2D eigenvalue weighted by atomic mass is 32.2. The van der Waals surface area contributed by atoms with Gasteiger partial charge in [-0.3, -0.25) is 4.79 Å². The average Bonchev–Trinajstić information content (AvgIpc) is 2.35. The summed E-state index contributed by atoms with van der Waals surface area (Å²) in [6, 6.07) is 6.29. The summed E-state index contributed by atoms with van der Waals surface area (Å²) in [5, 5.41) is 7.92. The van der Waals surface area contributed by atoms with Crippen LogP contribution in [0.5, 0.6) is 0 Å². The number of carbonyl (C=O) groups excluding carboxylic acids is 1. The molecule has 0 fully saturated rings. The van der Waals surface area contributed by atoms with Crippen LogP contribution in [0.4, 0.5) is 0 Å². The van der Waals surface area contributed by atoms with E-state index in [2.05, 4.69) is 5.32 Å². The van der Waals surface area contributed by atoms with E-state index < -0.39 is 10.0 Å². The third-order valence-electron chi connectivity index (χ3n) is 2.91. The second-order valence-electron chi connectivity index (χ2n) is 4.91. The first-order valence-electron chi connectivity index (χ1n) is 6.25. The predicted octanol–water partition coefficient (Wildman–Crippen LogP) is 1.59. The summed E-state index contributed by atoms with van der Waals surface area (Å²) in [6.07, 6.45) is 0. The van der Waals surface area contributed by atoms with Gasteiger partial charge in [-0.2, -0.15) is 0 Å². The molecule has 3 N–H and O–H groups in total. The van der Waals surface area contributed by atoms with E-state index in [4.69, 9.17) is 5.14 Å². The Bertz CT molecular complexity index is 553. The van der Waals surface area contributed by atoms with Gasteiger partial charge in [0.2, 0.25) is 15.9 Å². The summed E-state index contributed by atoms with van der Waals surface area (Å²) < 4.78 is 22.2. The Morgan fingerprint density at radius 1 is 1.25 bits per heavy atom. The van der Waals surface area contributed by atoms with Crippen molar-refractivity contribution < 1.29 is 13.2 Å². The van der Waals surface area contributed by atoms with Crippen molar-refractivity contribution in [3.05, 3.63) is 24.3 Å². The highest BCUT2D eigenvalue weighted by Gasteiger charge is 2.11. The first kappa shape index (κ1) is 17.0. The molecule has 0 aliphatic rings. The van der Waals surface area contributed by atoms with E-state index in [-0.39, 0.29) is 16.8 Å². The number of carbonyl (C=O) groups is 1. The minimum absolute atomic E-state index is 0.0354. The number of amides is 1. The SMILES string of the molecule is CC(C)C(C)NC(=O)CSc1ccc(S(N)(=O)=O)cc1. The van der Waals surface area contributed by atoms with Gasteiger partial charge in [-0.1, -0.05) is 13.8 Å². The third kappa shape index (κ3) is 5.52. The number of sulfonamides is 1. The molecule has 112 valence electrons. The Morgan fingerprint density at radius 2 is 1.80 bits per heavy atom. The van der Waals surface area contributed by atoms with Crippen LogP contribution in [-0.4, -0.2) is 26.1 Å². The molecule has 0 heterocycles. The van der Waals surface area contributed by atoms with Gasteiger partial charge >= 0.3 is 0 Å². The van der Waals surface area contributed by atoms with Crippen molar-refractivity contribution in [3.8, 4) is 0 Å². The van der Waals surface area contributed by atoms with E-state index in [1.54, 1.807) is 12.1 Å². The van der Waals surface area contributed by atoms with Gasteiger partial charge in [-0.15, -0.1) is 11.8 Å². The number of nitrogens with one attached hydrogen (secondary N) is 1. The summed E-state index contributed by atoms with van der Waals surface area (Å²) in [7, 11) is -3.66. The lowest BCUT2D eigenvalue weighted by atomic mass is 10.1. The molecule has 0 spiro atoms. The third-order valence-corrected chi connectivity index (χ3v) is 4.85. The van der Waals surface area contributed by atoms with E-state index in [0.29, 0.717) is 11.7 Å². The zero-order chi connectivity index (χ0) is 15.3. The minimum Gasteiger partial charge on any atom is -0.353 e. The van der Waals surface area contributed by atoms with Crippen LogP contribution in [0.2, 0.25) is 0 Å². The van der Waals surface area contributed by atoms with Crippen molar-refractivity contribution in [2.75, 3.05) is 5.75 Å². The molecule has 0 bridgehead atoms. The van der Waals surface area contributed by atoms with Crippen LogP contribution in [0.25, 0.3) is 0 Å². The van der Waals surface area contributed by atoms with Crippen LogP contribution in [0, 0.1) is 5.92 Å². The van der Waals surface area contributed by atoms with Gasteiger partial charge in [0.15, 0.2) is 0 Å². The van der Waals surface area contributed by atoms with Crippen LogP contribution >= 0.6 is 11.8 Å². The first-order chi connectivity index (χ1) is 9.20. The minimum atomic E-state index is -3.66. The molecule has 1 unspecified atom stereocenters. The summed E-state index contributed by atoms with van der Waals surface area (Å²) >= 11 is 1.35. The second-order valence-corrected chi connectivity index (χ2v) is 7.52. The maximum absolute atomic E-state index is 11.7. The van der Waals surface area contributed by atoms with E-state index in [1.807, 2.05) is 20.8 Å². The average molecular weight is 316 g/mol. The lowest BCUT2D eigenvalue weighted by Gasteiger charge is -2.17. The fraction of sp³-hybridized carbons (Fsp3) is 0.462. The fourth-order valence-corrected chi connectivity index (χ4v) is 2.56. The van der Waals surface area contributed by atoms with Crippen LogP contribution in [-0.2, 0) is 14.8 Å². The predicted molar refractivity (Wildman–Crippen MR) is 81.0 cm³/mol. The first-order valence-corrected chi connectivity index (χ1v) is 8.78. The molecular weight excluding hydrogens is 296 g/mol. The van der Waals surface area contributed by atoms with E-state index in [9.17, 15) is 13.2 Å². The largest absolute Gasteiger partial charge is 0.353 e. The van der Waals surface area contributed by atoms with Gasteiger partial charge in [0.05, 0.1) is 10.6 Å². The van der Waals surface area contributed by atoms with Gasteiger partial charge < -0.3 is 5.32 Å². The van der Waals surface area contributed by atoms with Crippen LogP contribution in [0.15, 0.2) is 34.1 Å². The smallest absolute Gasteiger partial charge is 0.238 e. The van der Waals surface area contributed by atoms with Gasteiger partial charge in [-0.05, 0) is 37.1 Å². The second kappa shape index (κ2) is 7.10. The number of benzene rings is 1. The summed E-state index contributed by atoms with van der Waals surface area (Å²) in [5.41, 5.74) is 0. The Balaban J connectivity index is 2.52. The highest BCUT2D eigenvalue weighted by Crippen LogP contribution is 2.19. The topological polar surface area (TPSA) is 89.3 Å². The van der Waals surface area contributed by atoms with E-state index in [1.165, 1.54) is 23.9 Å². The Labute approximate surface area is 124 Å². The number of primary sulfonamides is 1. The molecule has 0 saturated carbocycles. The molecule has 0 saturated heterocycles. The van der Waals surface area contributed by atoms with Crippen LogP contribution < -0.4 is 10.5 Å². The van der Waals surface area contributed by atoms with Crippen molar-refractivity contribution in [1.29, 1.82) is 0 Å². The summed E-state index contributed by atoms with van der Waals surface area (Å²) in [5.74, 6) is 0.649. The molecule has 0 aliphatic heterocycles. The molecule has 1 aromatic rings. The van der Waals surface area contributed by atoms with Crippen molar-refractivity contribution in [2.24, 2.45) is 11.1 Å².